The molecule has 1 atom stereocenters. The largest absolute Gasteiger partial charge is 0.467 e. The molecule has 110 valence electrons. The van der Waals surface area contributed by atoms with Gasteiger partial charge in [-0.2, -0.15) is 0 Å². The van der Waals surface area contributed by atoms with Crippen molar-refractivity contribution >= 4 is 5.97 Å². The number of halogens is 1. The molecule has 0 saturated carbocycles. The van der Waals surface area contributed by atoms with Gasteiger partial charge < -0.3 is 10.1 Å². The maximum Gasteiger partial charge on any atom is 0.330 e. The van der Waals surface area contributed by atoms with Gasteiger partial charge in [-0.05, 0) is 24.1 Å². The van der Waals surface area contributed by atoms with Crippen molar-refractivity contribution in [1.29, 1.82) is 0 Å². The normalized spacial score (nSPS) is 19.4. The average molecular weight is 280 g/mol. The Morgan fingerprint density at radius 3 is 2.70 bits per heavy atom. The quantitative estimate of drug-likeness (QED) is 0.849. The first-order chi connectivity index (χ1) is 9.65. The molecule has 1 aliphatic heterocycles. The fraction of sp³-hybridized carbons (Fsp3) is 0.533. The molecule has 1 unspecified atom stereocenters. The Balaban J connectivity index is 2.49. The minimum atomic E-state index is -0.904. The molecule has 1 aromatic carbocycles. The number of piperazine rings is 1. The van der Waals surface area contributed by atoms with Gasteiger partial charge in [-0.3, -0.25) is 4.90 Å². The molecule has 1 aromatic rings. The molecular formula is C15H21FN2O2. The molecule has 1 aliphatic rings. The Morgan fingerprint density at radius 2 is 2.15 bits per heavy atom. The SMILES string of the molecule is CCC(C(=O)OC)(c1cccc(F)c1)N1CCNCC1. The number of carbonyl (C=O) groups excluding carboxylic acids is 1. The Hall–Kier alpha value is -1.46. The van der Waals surface area contributed by atoms with Crippen LogP contribution in [0.5, 0.6) is 0 Å². The van der Waals surface area contributed by atoms with Gasteiger partial charge >= 0.3 is 5.97 Å². The third-order valence-corrected chi connectivity index (χ3v) is 3.99. The van der Waals surface area contributed by atoms with Gasteiger partial charge in [0.25, 0.3) is 0 Å². The lowest BCUT2D eigenvalue weighted by Gasteiger charge is -2.43. The van der Waals surface area contributed by atoms with Crippen molar-refractivity contribution in [3.05, 3.63) is 35.6 Å². The third kappa shape index (κ3) is 2.55. The van der Waals surface area contributed by atoms with Crippen LogP contribution < -0.4 is 5.32 Å². The molecule has 1 N–H and O–H groups in total. The smallest absolute Gasteiger partial charge is 0.330 e. The fourth-order valence-corrected chi connectivity index (χ4v) is 2.96. The van der Waals surface area contributed by atoms with E-state index in [2.05, 4.69) is 10.2 Å². The summed E-state index contributed by atoms with van der Waals surface area (Å²) < 4.78 is 18.6. The number of hydrogen-bond acceptors (Lipinski definition) is 4. The van der Waals surface area contributed by atoms with E-state index < -0.39 is 5.54 Å². The Bertz CT molecular complexity index is 475. The van der Waals surface area contributed by atoms with Crippen LogP contribution in [0.25, 0.3) is 0 Å². The van der Waals surface area contributed by atoms with Crippen molar-refractivity contribution in [3.8, 4) is 0 Å². The lowest BCUT2D eigenvalue weighted by molar-refractivity contribution is -0.157. The van der Waals surface area contributed by atoms with Crippen LogP contribution in [0.15, 0.2) is 24.3 Å². The molecule has 1 saturated heterocycles. The maximum atomic E-state index is 13.6. The van der Waals surface area contributed by atoms with Crippen LogP contribution in [0, 0.1) is 5.82 Å². The van der Waals surface area contributed by atoms with E-state index in [1.807, 2.05) is 6.92 Å². The monoisotopic (exact) mass is 280 g/mol. The summed E-state index contributed by atoms with van der Waals surface area (Å²) in [6.07, 6.45) is 0.545. The predicted molar refractivity (Wildman–Crippen MR) is 74.8 cm³/mol. The van der Waals surface area contributed by atoms with Crippen LogP contribution in [0.3, 0.4) is 0 Å². The Morgan fingerprint density at radius 1 is 1.45 bits per heavy atom. The number of hydrogen-bond donors (Lipinski definition) is 1. The number of esters is 1. The van der Waals surface area contributed by atoms with Gasteiger partial charge in [-0.15, -0.1) is 0 Å². The highest BCUT2D eigenvalue weighted by atomic mass is 19.1. The van der Waals surface area contributed by atoms with Crippen LogP contribution in [0.4, 0.5) is 4.39 Å². The third-order valence-electron chi connectivity index (χ3n) is 3.99. The van der Waals surface area contributed by atoms with E-state index in [-0.39, 0.29) is 11.8 Å². The first-order valence-corrected chi connectivity index (χ1v) is 6.95. The van der Waals surface area contributed by atoms with Gasteiger partial charge in [0.15, 0.2) is 0 Å². The molecule has 1 heterocycles. The number of methoxy groups -OCH3 is 1. The summed E-state index contributed by atoms with van der Waals surface area (Å²) in [6.45, 7) is 5.03. The summed E-state index contributed by atoms with van der Waals surface area (Å²) in [5.41, 5.74) is -0.243. The minimum absolute atomic E-state index is 0.326. The first kappa shape index (κ1) is 14.9. The molecule has 0 aliphatic carbocycles. The van der Waals surface area contributed by atoms with Crippen molar-refractivity contribution in [2.24, 2.45) is 0 Å². The lowest BCUT2D eigenvalue weighted by atomic mass is 9.84. The van der Waals surface area contributed by atoms with E-state index >= 15 is 0 Å². The zero-order chi connectivity index (χ0) is 14.6. The van der Waals surface area contributed by atoms with E-state index in [9.17, 15) is 9.18 Å². The zero-order valence-corrected chi connectivity index (χ0v) is 12.0. The highest BCUT2D eigenvalue weighted by molar-refractivity contribution is 5.82. The van der Waals surface area contributed by atoms with Crippen molar-refractivity contribution in [3.63, 3.8) is 0 Å². The number of carbonyl (C=O) groups is 1. The van der Waals surface area contributed by atoms with E-state index in [1.54, 1.807) is 12.1 Å². The molecule has 0 amide bonds. The second-order valence-electron chi connectivity index (χ2n) is 4.95. The summed E-state index contributed by atoms with van der Waals surface area (Å²) in [6, 6.07) is 6.26. The van der Waals surface area contributed by atoms with E-state index in [1.165, 1.54) is 19.2 Å². The van der Waals surface area contributed by atoms with Crippen LogP contribution >= 0.6 is 0 Å². The minimum Gasteiger partial charge on any atom is -0.467 e. The molecule has 1 fully saturated rings. The second kappa shape index (κ2) is 6.33. The molecule has 2 rings (SSSR count). The van der Waals surface area contributed by atoms with Crippen molar-refractivity contribution < 1.29 is 13.9 Å². The molecule has 4 nitrogen and oxygen atoms in total. The number of ether oxygens (including phenoxy) is 1. The van der Waals surface area contributed by atoms with Crippen LogP contribution in [-0.4, -0.2) is 44.2 Å². The highest BCUT2D eigenvalue weighted by Gasteiger charge is 2.45. The van der Waals surface area contributed by atoms with Gasteiger partial charge in [0.1, 0.15) is 11.4 Å². The number of rotatable bonds is 4. The number of nitrogens with one attached hydrogen (secondary N) is 1. The van der Waals surface area contributed by atoms with Crippen molar-refractivity contribution in [2.75, 3.05) is 33.3 Å². The second-order valence-corrected chi connectivity index (χ2v) is 4.95. The van der Waals surface area contributed by atoms with Gasteiger partial charge in [-0.25, -0.2) is 9.18 Å². The highest BCUT2D eigenvalue weighted by Crippen LogP contribution is 2.34. The first-order valence-electron chi connectivity index (χ1n) is 6.95. The maximum absolute atomic E-state index is 13.6. The van der Waals surface area contributed by atoms with E-state index in [4.69, 9.17) is 4.74 Å². The summed E-state index contributed by atoms with van der Waals surface area (Å²) >= 11 is 0. The van der Waals surface area contributed by atoms with Crippen LogP contribution in [0.1, 0.15) is 18.9 Å². The van der Waals surface area contributed by atoms with Gasteiger partial charge in [0.05, 0.1) is 7.11 Å². The summed E-state index contributed by atoms with van der Waals surface area (Å²) in [5, 5.41) is 3.26. The molecule has 20 heavy (non-hydrogen) atoms. The zero-order valence-electron chi connectivity index (χ0n) is 12.0. The van der Waals surface area contributed by atoms with Crippen LogP contribution in [0.2, 0.25) is 0 Å². The number of nitrogens with zero attached hydrogens (tertiary/aromatic N) is 1. The van der Waals surface area contributed by atoms with Gasteiger partial charge in [-0.1, -0.05) is 19.1 Å². The lowest BCUT2D eigenvalue weighted by Crippen LogP contribution is -2.58. The predicted octanol–water partition coefficient (Wildman–Crippen LogP) is 1.51. The molecule has 0 aromatic heterocycles. The van der Waals surface area contributed by atoms with Gasteiger partial charge in [0, 0.05) is 26.2 Å². The van der Waals surface area contributed by atoms with E-state index in [0.29, 0.717) is 12.0 Å². The van der Waals surface area contributed by atoms with Crippen molar-refractivity contribution in [2.45, 2.75) is 18.9 Å². The molecule has 0 bridgehead atoms. The van der Waals surface area contributed by atoms with Crippen LogP contribution in [-0.2, 0) is 15.1 Å². The standard InChI is InChI=1S/C15H21FN2O2/c1-3-15(14(19)20-2,18-9-7-17-8-10-18)12-5-4-6-13(16)11-12/h4-6,11,17H,3,7-10H2,1-2H3. The average Bonchev–Trinajstić information content (AvgIpc) is 2.49. The topological polar surface area (TPSA) is 41.6 Å². The van der Waals surface area contributed by atoms with Gasteiger partial charge in [0.2, 0.25) is 0 Å². The summed E-state index contributed by atoms with van der Waals surface area (Å²) in [4.78, 5) is 14.6. The van der Waals surface area contributed by atoms with E-state index in [0.717, 1.165) is 26.2 Å². The van der Waals surface area contributed by atoms with Crippen molar-refractivity contribution in [1.82, 2.24) is 10.2 Å². The molecule has 0 radical (unpaired) electrons. The fourth-order valence-electron chi connectivity index (χ4n) is 2.96. The Kier molecular flexibility index (Phi) is 4.73. The molecular weight excluding hydrogens is 259 g/mol. The summed E-state index contributed by atoms with van der Waals surface area (Å²) in [7, 11) is 1.38. The number of benzene rings is 1. The molecule has 5 heteroatoms. The summed E-state index contributed by atoms with van der Waals surface area (Å²) in [5.74, 6) is -0.660. The molecule has 0 spiro atoms. The Labute approximate surface area is 118 Å².